The largest absolute Gasteiger partial charge is 0.497 e. The van der Waals surface area contributed by atoms with E-state index in [2.05, 4.69) is 32.9 Å². The van der Waals surface area contributed by atoms with Crippen molar-refractivity contribution in [3.05, 3.63) is 64.2 Å². The number of aryl methyl sites for hydroxylation is 3. The van der Waals surface area contributed by atoms with Crippen molar-refractivity contribution in [1.29, 1.82) is 0 Å². The molecule has 0 aliphatic heterocycles. The Labute approximate surface area is 127 Å². The van der Waals surface area contributed by atoms with E-state index < -0.39 is 5.60 Å². The number of ether oxygens (including phenoxy) is 1. The highest BCUT2D eigenvalue weighted by Crippen LogP contribution is 2.30. The predicted octanol–water partition coefficient (Wildman–Crippen LogP) is 4.07. The summed E-state index contributed by atoms with van der Waals surface area (Å²) in [6.07, 6.45) is 0.595. The molecule has 0 bridgehead atoms. The normalized spacial score (nSPS) is 13.8. The summed E-state index contributed by atoms with van der Waals surface area (Å²) in [4.78, 5) is 0. The zero-order valence-electron chi connectivity index (χ0n) is 13.5. The van der Waals surface area contributed by atoms with Crippen molar-refractivity contribution in [1.82, 2.24) is 0 Å². The van der Waals surface area contributed by atoms with Gasteiger partial charge in [-0.05, 0) is 62.1 Å². The van der Waals surface area contributed by atoms with Crippen molar-refractivity contribution in [2.24, 2.45) is 0 Å². The monoisotopic (exact) mass is 284 g/mol. The summed E-state index contributed by atoms with van der Waals surface area (Å²) in [5.74, 6) is 0.769. The van der Waals surface area contributed by atoms with Crippen molar-refractivity contribution in [3.63, 3.8) is 0 Å². The maximum atomic E-state index is 10.9. The highest BCUT2D eigenvalue weighted by molar-refractivity contribution is 5.40. The number of rotatable bonds is 4. The molecular formula is C19H24O2. The van der Waals surface area contributed by atoms with Gasteiger partial charge in [0.25, 0.3) is 0 Å². The van der Waals surface area contributed by atoms with E-state index in [4.69, 9.17) is 4.74 Å². The molecule has 0 fully saturated rings. The summed E-state index contributed by atoms with van der Waals surface area (Å²) in [5.41, 5.74) is 4.90. The molecule has 1 atom stereocenters. The number of hydrogen-bond acceptors (Lipinski definition) is 2. The van der Waals surface area contributed by atoms with E-state index in [1.54, 1.807) is 7.11 Å². The number of benzene rings is 2. The second kappa shape index (κ2) is 5.90. The fourth-order valence-electron chi connectivity index (χ4n) is 2.89. The third kappa shape index (κ3) is 3.45. The minimum absolute atomic E-state index is 0.595. The lowest BCUT2D eigenvalue weighted by molar-refractivity contribution is 0.0570. The fraction of sp³-hybridized carbons (Fsp3) is 0.368. The molecule has 2 heteroatoms. The molecule has 2 rings (SSSR count). The summed E-state index contributed by atoms with van der Waals surface area (Å²) in [6.45, 7) is 8.18. The van der Waals surface area contributed by atoms with Crippen LogP contribution in [-0.4, -0.2) is 12.2 Å². The Morgan fingerprint density at radius 1 is 1.05 bits per heavy atom. The van der Waals surface area contributed by atoms with Crippen molar-refractivity contribution in [2.45, 2.75) is 39.7 Å². The molecule has 0 spiro atoms. The predicted molar refractivity (Wildman–Crippen MR) is 86.9 cm³/mol. The summed E-state index contributed by atoms with van der Waals surface area (Å²) < 4.78 is 5.25. The van der Waals surface area contributed by atoms with Crippen LogP contribution in [0.1, 0.15) is 34.7 Å². The van der Waals surface area contributed by atoms with Crippen LogP contribution in [0.2, 0.25) is 0 Å². The van der Waals surface area contributed by atoms with Gasteiger partial charge in [-0.2, -0.15) is 0 Å². The van der Waals surface area contributed by atoms with Crippen LogP contribution in [0.5, 0.6) is 5.75 Å². The summed E-state index contributed by atoms with van der Waals surface area (Å²) >= 11 is 0. The standard InChI is InChI=1S/C19H24O2/c1-13-9-14(2)18(15(3)10-13)12-19(4,20)16-7-6-8-17(11-16)21-5/h6-11,20H,12H2,1-5H3. The van der Waals surface area contributed by atoms with Gasteiger partial charge in [0, 0.05) is 6.42 Å². The Bertz CT molecular complexity index is 619. The van der Waals surface area contributed by atoms with Gasteiger partial charge in [0.05, 0.1) is 12.7 Å². The van der Waals surface area contributed by atoms with Crippen molar-refractivity contribution in [3.8, 4) is 5.75 Å². The minimum atomic E-state index is -0.917. The molecule has 0 amide bonds. The summed E-state index contributed by atoms with van der Waals surface area (Å²) in [5, 5.41) is 10.9. The molecule has 1 N–H and O–H groups in total. The Morgan fingerprint density at radius 3 is 2.24 bits per heavy atom. The summed E-state index contributed by atoms with van der Waals surface area (Å²) in [6, 6.07) is 12.0. The van der Waals surface area contributed by atoms with Crippen molar-refractivity contribution >= 4 is 0 Å². The Morgan fingerprint density at radius 2 is 1.67 bits per heavy atom. The van der Waals surface area contributed by atoms with Crippen LogP contribution in [0.3, 0.4) is 0 Å². The van der Waals surface area contributed by atoms with E-state index in [0.717, 1.165) is 11.3 Å². The molecule has 0 aliphatic rings. The Hall–Kier alpha value is -1.80. The molecule has 21 heavy (non-hydrogen) atoms. The lowest BCUT2D eigenvalue weighted by atomic mass is 9.85. The van der Waals surface area contributed by atoms with Crippen LogP contribution < -0.4 is 4.74 Å². The van der Waals surface area contributed by atoms with Gasteiger partial charge >= 0.3 is 0 Å². The molecule has 2 nitrogen and oxygen atoms in total. The van der Waals surface area contributed by atoms with Gasteiger partial charge in [-0.15, -0.1) is 0 Å². The molecule has 1 unspecified atom stereocenters. The van der Waals surface area contributed by atoms with Crippen molar-refractivity contribution < 1.29 is 9.84 Å². The van der Waals surface area contributed by atoms with Crippen LogP contribution in [0, 0.1) is 20.8 Å². The van der Waals surface area contributed by atoms with Crippen LogP contribution >= 0.6 is 0 Å². The SMILES string of the molecule is COc1cccc(C(C)(O)Cc2c(C)cc(C)cc2C)c1. The zero-order valence-corrected chi connectivity index (χ0v) is 13.5. The molecule has 0 saturated carbocycles. The second-order valence-corrected chi connectivity index (χ2v) is 6.06. The van der Waals surface area contributed by atoms with Gasteiger partial charge in [0.1, 0.15) is 5.75 Å². The van der Waals surface area contributed by atoms with Crippen LogP contribution in [0.25, 0.3) is 0 Å². The van der Waals surface area contributed by atoms with Gasteiger partial charge in [-0.25, -0.2) is 0 Å². The van der Waals surface area contributed by atoms with Crippen LogP contribution in [0.4, 0.5) is 0 Å². The van der Waals surface area contributed by atoms with E-state index in [1.165, 1.54) is 22.3 Å². The molecule has 0 aromatic heterocycles. The van der Waals surface area contributed by atoms with E-state index in [0.29, 0.717) is 6.42 Å². The molecule has 112 valence electrons. The first-order valence-electron chi connectivity index (χ1n) is 7.27. The molecular weight excluding hydrogens is 260 g/mol. The van der Waals surface area contributed by atoms with Crippen molar-refractivity contribution in [2.75, 3.05) is 7.11 Å². The molecule has 2 aromatic carbocycles. The molecule has 0 aliphatic carbocycles. The Kier molecular flexibility index (Phi) is 4.38. The number of hydrogen-bond donors (Lipinski definition) is 1. The highest BCUT2D eigenvalue weighted by atomic mass is 16.5. The average molecular weight is 284 g/mol. The van der Waals surface area contributed by atoms with E-state index in [1.807, 2.05) is 31.2 Å². The van der Waals surface area contributed by atoms with E-state index >= 15 is 0 Å². The molecule has 0 radical (unpaired) electrons. The van der Waals surface area contributed by atoms with Gasteiger partial charge in [0.2, 0.25) is 0 Å². The first-order chi connectivity index (χ1) is 9.83. The molecule has 2 aromatic rings. The van der Waals surface area contributed by atoms with E-state index in [9.17, 15) is 5.11 Å². The zero-order chi connectivity index (χ0) is 15.6. The number of aliphatic hydroxyl groups is 1. The smallest absolute Gasteiger partial charge is 0.119 e. The molecule has 0 heterocycles. The van der Waals surface area contributed by atoms with Crippen LogP contribution in [0.15, 0.2) is 36.4 Å². The first kappa shape index (κ1) is 15.6. The van der Waals surface area contributed by atoms with Gasteiger partial charge < -0.3 is 9.84 Å². The quantitative estimate of drug-likeness (QED) is 0.917. The minimum Gasteiger partial charge on any atom is -0.497 e. The van der Waals surface area contributed by atoms with Gasteiger partial charge in [-0.1, -0.05) is 29.8 Å². The topological polar surface area (TPSA) is 29.5 Å². The van der Waals surface area contributed by atoms with E-state index in [-0.39, 0.29) is 0 Å². The maximum absolute atomic E-state index is 10.9. The van der Waals surface area contributed by atoms with Gasteiger partial charge in [-0.3, -0.25) is 0 Å². The maximum Gasteiger partial charge on any atom is 0.119 e. The number of methoxy groups -OCH3 is 1. The van der Waals surface area contributed by atoms with Gasteiger partial charge in [0.15, 0.2) is 0 Å². The highest BCUT2D eigenvalue weighted by Gasteiger charge is 2.25. The Balaban J connectivity index is 2.37. The second-order valence-electron chi connectivity index (χ2n) is 6.06. The average Bonchev–Trinajstić information content (AvgIpc) is 2.43. The molecule has 0 saturated heterocycles. The first-order valence-corrected chi connectivity index (χ1v) is 7.27. The lowest BCUT2D eigenvalue weighted by Gasteiger charge is -2.26. The van der Waals surface area contributed by atoms with Crippen LogP contribution in [-0.2, 0) is 12.0 Å². The summed E-state index contributed by atoms with van der Waals surface area (Å²) in [7, 11) is 1.64. The fourth-order valence-corrected chi connectivity index (χ4v) is 2.89. The lowest BCUT2D eigenvalue weighted by Crippen LogP contribution is -2.25. The third-order valence-electron chi connectivity index (χ3n) is 4.05. The third-order valence-corrected chi connectivity index (χ3v) is 4.05.